The second-order valence-corrected chi connectivity index (χ2v) is 16.4. The number of H-pyrrole nitrogens is 2. The summed E-state index contributed by atoms with van der Waals surface area (Å²) in [6, 6.07) is 44.8. The van der Waals surface area contributed by atoms with Crippen molar-refractivity contribution in [2.75, 3.05) is 26.2 Å². The van der Waals surface area contributed by atoms with Gasteiger partial charge in [0.25, 0.3) is 11.6 Å². The minimum atomic E-state index is -4.90. The number of fused-ring (bicyclic) bond motifs is 2. The van der Waals surface area contributed by atoms with Gasteiger partial charge in [0.2, 0.25) is 0 Å². The zero-order valence-corrected chi connectivity index (χ0v) is 33.2. The first-order valence-electron chi connectivity index (χ1n) is 20.2. The summed E-state index contributed by atoms with van der Waals surface area (Å²) in [6.45, 7) is 4.35. The molecule has 2 unspecified atom stereocenters. The second kappa shape index (κ2) is 16.8. The van der Waals surface area contributed by atoms with Gasteiger partial charge in [-0.25, -0.2) is 0 Å². The number of benzene rings is 5. The quantitative estimate of drug-likeness (QED) is 0.0947. The van der Waals surface area contributed by atoms with E-state index in [0.717, 1.165) is 69.5 Å². The predicted octanol–water partition coefficient (Wildman–Crippen LogP) is 10.7. The fraction of sp³-hybridized carbons (Fsp3) is 0.265. The van der Waals surface area contributed by atoms with E-state index in [1.807, 2.05) is 78.9 Å². The average molecular weight is 835 g/mol. The molecule has 0 radical (unpaired) electrons. The van der Waals surface area contributed by atoms with Gasteiger partial charge in [0.15, 0.2) is 0 Å². The van der Waals surface area contributed by atoms with E-state index in [9.17, 15) is 35.9 Å². The SMILES string of the molecule is O=C(c1cc2cc(C3(Cc4ccccc4)CCN(Cc4ccccc4)C3)ccc2[nH]1)C(F)(F)F.O=C(c1cc2cc(C3(Cc4ccccc4)CCNC3)ccc2[nH]1)C(F)(F)F. The molecule has 0 amide bonds. The average Bonchev–Trinajstić information content (AvgIpc) is 4.07. The van der Waals surface area contributed by atoms with Crippen molar-refractivity contribution in [1.82, 2.24) is 20.2 Å². The Kier molecular flexibility index (Phi) is 11.5. The van der Waals surface area contributed by atoms with E-state index >= 15 is 0 Å². The summed E-state index contributed by atoms with van der Waals surface area (Å²) >= 11 is 0. The lowest BCUT2D eigenvalue weighted by Gasteiger charge is -2.31. The molecule has 314 valence electrons. The Bertz CT molecular complexity index is 2630. The Morgan fingerprint density at radius 2 is 1.02 bits per heavy atom. The zero-order valence-electron chi connectivity index (χ0n) is 33.2. The van der Waals surface area contributed by atoms with E-state index in [4.69, 9.17) is 0 Å². The first-order valence-corrected chi connectivity index (χ1v) is 20.2. The molecule has 2 atom stereocenters. The van der Waals surface area contributed by atoms with Crippen molar-refractivity contribution in [2.45, 2.75) is 55.4 Å². The van der Waals surface area contributed by atoms with Gasteiger partial charge in [-0.3, -0.25) is 14.5 Å². The molecule has 0 aliphatic carbocycles. The molecule has 7 aromatic rings. The van der Waals surface area contributed by atoms with Gasteiger partial charge in [-0.1, -0.05) is 103 Å². The van der Waals surface area contributed by atoms with Gasteiger partial charge in [0.05, 0.1) is 11.4 Å². The smallest absolute Gasteiger partial charge is 0.352 e. The maximum Gasteiger partial charge on any atom is 0.456 e. The lowest BCUT2D eigenvalue weighted by atomic mass is 9.74. The van der Waals surface area contributed by atoms with Crippen molar-refractivity contribution in [3.63, 3.8) is 0 Å². The van der Waals surface area contributed by atoms with Crippen LogP contribution in [0.5, 0.6) is 0 Å². The number of nitrogens with zero attached hydrogens (tertiary/aromatic N) is 1. The molecule has 9 rings (SSSR count). The van der Waals surface area contributed by atoms with Crippen molar-refractivity contribution in [1.29, 1.82) is 0 Å². The monoisotopic (exact) mass is 834 g/mol. The van der Waals surface area contributed by atoms with Gasteiger partial charge >= 0.3 is 12.4 Å². The summed E-state index contributed by atoms with van der Waals surface area (Å²) in [4.78, 5) is 30.9. The van der Waals surface area contributed by atoms with Crippen LogP contribution in [0.4, 0.5) is 26.3 Å². The van der Waals surface area contributed by atoms with Crippen LogP contribution in [-0.4, -0.2) is 65.0 Å². The minimum Gasteiger partial charge on any atom is -0.352 e. The fourth-order valence-electron chi connectivity index (χ4n) is 9.11. The number of likely N-dealkylation sites (tertiary alicyclic amines) is 1. The highest BCUT2D eigenvalue weighted by molar-refractivity contribution is 6.03. The van der Waals surface area contributed by atoms with E-state index in [1.54, 1.807) is 12.1 Å². The summed E-state index contributed by atoms with van der Waals surface area (Å²) in [5, 5.41) is 4.66. The van der Waals surface area contributed by atoms with Crippen molar-refractivity contribution in [2.24, 2.45) is 0 Å². The summed E-state index contributed by atoms with van der Waals surface area (Å²) in [6.07, 6.45) is -6.20. The Morgan fingerprint density at radius 3 is 1.48 bits per heavy atom. The van der Waals surface area contributed by atoms with E-state index in [-0.39, 0.29) is 10.8 Å². The van der Waals surface area contributed by atoms with Gasteiger partial charge in [-0.05, 0) is 103 Å². The number of carbonyl (C=O) groups excluding carboxylic acids is 2. The van der Waals surface area contributed by atoms with Gasteiger partial charge in [-0.15, -0.1) is 0 Å². The molecule has 2 saturated heterocycles. The molecular weight excluding hydrogens is 791 g/mol. The van der Waals surface area contributed by atoms with Crippen LogP contribution in [0.15, 0.2) is 140 Å². The maximum absolute atomic E-state index is 12.9. The number of nitrogens with one attached hydrogen (secondary N) is 3. The molecule has 2 aromatic heterocycles. The third-order valence-electron chi connectivity index (χ3n) is 12.2. The van der Waals surface area contributed by atoms with Crippen molar-refractivity contribution < 1.29 is 35.9 Å². The molecule has 5 aromatic carbocycles. The molecule has 6 nitrogen and oxygen atoms in total. The number of rotatable bonds is 10. The Morgan fingerprint density at radius 1 is 0.557 bits per heavy atom. The summed E-state index contributed by atoms with van der Waals surface area (Å²) in [5.41, 5.74) is 5.82. The van der Waals surface area contributed by atoms with Crippen LogP contribution in [0, 0.1) is 0 Å². The number of ketones is 2. The van der Waals surface area contributed by atoms with Crippen molar-refractivity contribution >= 4 is 33.4 Å². The lowest BCUT2D eigenvalue weighted by Crippen LogP contribution is -2.33. The fourth-order valence-corrected chi connectivity index (χ4v) is 9.11. The Hall–Kier alpha value is -5.98. The number of hydrogen-bond donors (Lipinski definition) is 3. The van der Waals surface area contributed by atoms with Crippen LogP contribution >= 0.6 is 0 Å². The van der Waals surface area contributed by atoms with Crippen molar-refractivity contribution in [3.05, 3.63) is 179 Å². The minimum absolute atomic E-state index is 0.110. The number of alkyl halides is 6. The van der Waals surface area contributed by atoms with E-state index in [0.29, 0.717) is 21.8 Å². The molecule has 61 heavy (non-hydrogen) atoms. The molecule has 0 saturated carbocycles. The largest absolute Gasteiger partial charge is 0.456 e. The van der Waals surface area contributed by atoms with E-state index in [2.05, 4.69) is 56.6 Å². The van der Waals surface area contributed by atoms with Crippen LogP contribution in [0.3, 0.4) is 0 Å². The molecular formula is C49H44F6N4O2. The van der Waals surface area contributed by atoms with E-state index in [1.165, 1.54) is 28.8 Å². The Balaban J connectivity index is 0.000000173. The van der Waals surface area contributed by atoms with Crippen LogP contribution < -0.4 is 5.32 Å². The summed E-state index contributed by atoms with van der Waals surface area (Å²) < 4.78 is 77.0. The maximum atomic E-state index is 12.9. The van der Waals surface area contributed by atoms with Crippen LogP contribution in [0.2, 0.25) is 0 Å². The number of aromatic nitrogens is 2. The predicted molar refractivity (Wildman–Crippen MR) is 225 cm³/mol. The van der Waals surface area contributed by atoms with Crippen LogP contribution in [0.1, 0.15) is 61.6 Å². The van der Waals surface area contributed by atoms with Gasteiger partial charge < -0.3 is 15.3 Å². The number of carbonyl (C=O) groups is 2. The first kappa shape index (κ1) is 41.7. The highest BCUT2D eigenvalue weighted by Crippen LogP contribution is 2.40. The van der Waals surface area contributed by atoms with E-state index < -0.39 is 35.3 Å². The second-order valence-electron chi connectivity index (χ2n) is 16.4. The Labute approximate surface area is 349 Å². The number of hydrogen-bond acceptors (Lipinski definition) is 4. The number of aromatic amines is 2. The number of Topliss-reactive ketones (excluding diaryl/α,β-unsaturated/α-hetero) is 2. The topological polar surface area (TPSA) is 81.0 Å². The van der Waals surface area contributed by atoms with Crippen LogP contribution in [0.25, 0.3) is 21.8 Å². The normalized spacial score (nSPS) is 19.6. The summed E-state index contributed by atoms with van der Waals surface area (Å²) in [5.74, 6) is -3.69. The molecule has 2 aliphatic heterocycles. The third kappa shape index (κ3) is 9.20. The molecule has 12 heteroatoms. The van der Waals surface area contributed by atoms with Gasteiger partial charge in [0, 0.05) is 52.3 Å². The summed E-state index contributed by atoms with van der Waals surface area (Å²) in [7, 11) is 0. The molecule has 4 heterocycles. The molecule has 0 bridgehead atoms. The van der Waals surface area contributed by atoms with Gasteiger partial charge in [-0.2, -0.15) is 26.3 Å². The molecule has 2 fully saturated rings. The third-order valence-corrected chi connectivity index (χ3v) is 12.2. The first-order chi connectivity index (χ1) is 29.2. The van der Waals surface area contributed by atoms with Crippen molar-refractivity contribution in [3.8, 4) is 0 Å². The highest BCUT2D eigenvalue weighted by Gasteiger charge is 2.43. The highest BCUT2D eigenvalue weighted by atomic mass is 19.4. The molecule has 2 aliphatic rings. The standard InChI is InChI=1S/C28H25F3N2O.C21H19F3N2O/c29-28(30,31)26(34)25-16-22-15-23(11-12-24(22)32-25)27(17-20-7-3-1-4-8-20)13-14-33(19-27)18-21-9-5-2-6-10-21;22-21(23,24)19(27)18-11-15-10-16(6-7-17(15)26-18)20(8-9-25-13-20)12-14-4-2-1-3-5-14/h1-12,15-16,32H,13-14,17-19H2;1-7,10-11,25-26H,8-9,12-13H2. The van der Waals surface area contributed by atoms with Crippen LogP contribution in [-0.2, 0) is 30.2 Å². The zero-order chi connectivity index (χ0) is 42.8. The molecule has 3 N–H and O–H groups in total. The lowest BCUT2D eigenvalue weighted by molar-refractivity contribution is -0.0890. The number of halogens is 6. The van der Waals surface area contributed by atoms with Gasteiger partial charge in [0.1, 0.15) is 0 Å². The molecule has 0 spiro atoms.